The zero-order valence-corrected chi connectivity index (χ0v) is 14.6. The minimum Gasteiger partial charge on any atom is -0.333 e. The molecule has 1 aromatic carbocycles. The number of halogens is 2. The summed E-state index contributed by atoms with van der Waals surface area (Å²) in [7, 11) is 0. The van der Waals surface area contributed by atoms with Crippen molar-refractivity contribution >= 4 is 41.3 Å². The maximum Gasteiger partial charge on any atom is 0.264 e. The van der Waals surface area contributed by atoms with Crippen LogP contribution in [0.3, 0.4) is 0 Å². The minimum absolute atomic E-state index is 0. The van der Waals surface area contributed by atoms with Gasteiger partial charge in [0, 0.05) is 35.6 Å². The van der Waals surface area contributed by atoms with Crippen LogP contribution < -0.4 is 5.32 Å². The van der Waals surface area contributed by atoms with Crippen molar-refractivity contribution < 1.29 is 4.79 Å². The first-order valence-corrected chi connectivity index (χ1v) is 8.22. The molecule has 0 unspecified atom stereocenters. The first kappa shape index (κ1) is 17.3. The van der Waals surface area contributed by atoms with Crippen molar-refractivity contribution in [3.63, 3.8) is 0 Å². The minimum atomic E-state index is 0. The molecule has 1 amide bonds. The molecule has 3 rings (SSSR count). The fourth-order valence-electron chi connectivity index (χ4n) is 2.51. The Balaban J connectivity index is 0.00000176. The van der Waals surface area contributed by atoms with Gasteiger partial charge in [0.2, 0.25) is 0 Å². The lowest BCUT2D eigenvalue weighted by Gasteiger charge is -2.33. The highest BCUT2D eigenvalue weighted by Crippen LogP contribution is 2.30. The molecule has 0 spiro atoms. The van der Waals surface area contributed by atoms with Gasteiger partial charge in [0.25, 0.3) is 5.91 Å². The van der Waals surface area contributed by atoms with E-state index in [2.05, 4.69) is 12.2 Å². The Kier molecular flexibility index (Phi) is 5.87. The highest BCUT2D eigenvalue weighted by Gasteiger charge is 2.25. The number of nitrogens with zero attached hydrogens (tertiary/aromatic N) is 1. The predicted molar refractivity (Wildman–Crippen MR) is 95.4 cm³/mol. The van der Waals surface area contributed by atoms with Crippen LogP contribution in [-0.4, -0.2) is 36.5 Å². The van der Waals surface area contributed by atoms with E-state index in [0.29, 0.717) is 0 Å². The van der Waals surface area contributed by atoms with Gasteiger partial charge in [-0.2, -0.15) is 0 Å². The van der Waals surface area contributed by atoms with Crippen molar-refractivity contribution in [2.75, 3.05) is 19.6 Å². The molecule has 1 aliphatic heterocycles. The Morgan fingerprint density at radius 2 is 2.00 bits per heavy atom. The summed E-state index contributed by atoms with van der Waals surface area (Å²) in [6, 6.07) is 11.9. The number of hydrogen-bond donors (Lipinski definition) is 1. The molecule has 0 aliphatic carbocycles. The molecule has 2 aromatic rings. The van der Waals surface area contributed by atoms with Crippen LogP contribution in [0.5, 0.6) is 0 Å². The van der Waals surface area contributed by atoms with Crippen LogP contribution in [-0.2, 0) is 0 Å². The standard InChI is InChI=1S/C16H17ClN2OS.ClH/c1-11-10-18-8-9-19(11)16(20)15-7-6-14(21-15)12-2-4-13(17)5-3-12;/h2-7,11,18H,8-10H2,1H3;1H/t11-;/m0./s1. The molecule has 0 bridgehead atoms. The number of rotatable bonds is 2. The van der Waals surface area contributed by atoms with Gasteiger partial charge in [0.05, 0.1) is 4.88 Å². The molecule has 0 saturated carbocycles. The Morgan fingerprint density at radius 1 is 1.27 bits per heavy atom. The van der Waals surface area contributed by atoms with Gasteiger partial charge in [0.1, 0.15) is 0 Å². The molecule has 1 atom stereocenters. The molecule has 118 valence electrons. The second-order valence-corrected chi connectivity index (χ2v) is 6.74. The molecule has 1 N–H and O–H groups in total. The summed E-state index contributed by atoms with van der Waals surface area (Å²) >= 11 is 7.45. The summed E-state index contributed by atoms with van der Waals surface area (Å²) < 4.78 is 0. The first-order valence-electron chi connectivity index (χ1n) is 7.02. The quantitative estimate of drug-likeness (QED) is 0.884. The van der Waals surface area contributed by atoms with Gasteiger partial charge in [0.15, 0.2) is 0 Å². The molecule has 22 heavy (non-hydrogen) atoms. The van der Waals surface area contributed by atoms with Crippen LogP contribution in [0.4, 0.5) is 0 Å². The summed E-state index contributed by atoms with van der Waals surface area (Å²) in [5.74, 6) is 0.134. The third kappa shape index (κ3) is 3.63. The number of hydrogen-bond acceptors (Lipinski definition) is 3. The summed E-state index contributed by atoms with van der Waals surface area (Å²) in [4.78, 5) is 16.4. The molecule has 6 heteroatoms. The van der Waals surface area contributed by atoms with Gasteiger partial charge < -0.3 is 10.2 Å². The van der Waals surface area contributed by atoms with Crippen LogP contribution in [0.15, 0.2) is 36.4 Å². The van der Waals surface area contributed by atoms with E-state index < -0.39 is 0 Å². The van der Waals surface area contributed by atoms with E-state index in [1.807, 2.05) is 41.3 Å². The van der Waals surface area contributed by atoms with E-state index in [0.717, 1.165) is 40.0 Å². The molecule has 1 aliphatic rings. The second-order valence-electron chi connectivity index (χ2n) is 5.22. The number of nitrogens with one attached hydrogen (secondary N) is 1. The first-order chi connectivity index (χ1) is 10.1. The van der Waals surface area contributed by atoms with E-state index in [1.54, 1.807) is 11.3 Å². The third-order valence-corrected chi connectivity index (χ3v) is 5.08. The summed E-state index contributed by atoms with van der Waals surface area (Å²) in [5.41, 5.74) is 1.09. The van der Waals surface area contributed by atoms with Gasteiger partial charge in [-0.1, -0.05) is 23.7 Å². The average Bonchev–Trinajstić information content (AvgIpc) is 2.98. The summed E-state index contributed by atoms with van der Waals surface area (Å²) in [5, 5.41) is 4.03. The van der Waals surface area contributed by atoms with Gasteiger partial charge >= 0.3 is 0 Å². The van der Waals surface area contributed by atoms with E-state index in [-0.39, 0.29) is 24.4 Å². The van der Waals surface area contributed by atoms with Crippen LogP contribution >= 0.6 is 35.3 Å². The molecule has 1 fully saturated rings. The van der Waals surface area contributed by atoms with E-state index in [9.17, 15) is 4.79 Å². The molecular formula is C16H18Cl2N2OS. The molecular weight excluding hydrogens is 339 g/mol. The number of thiophene rings is 1. The number of carbonyl (C=O) groups excluding carboxylic acids is 1. The smallest absolute Gasteiger partial charge is 0.264 e. The maximum atomic E-state index is 12.6. The van der Waals surface area contributed by atoms with Crippen molar-refractivity contribution in [3.05, 3.63) is 46.3 Å². The van der Waals surface area contributed by atoms with Gasteiger partial charge in [-0.05, 0) is 36.8 Å². The Hall–Kier alpha value is -1.07. The summed E-state index contributed by atoms with van der Waals surface area (Å²) in [6.07, 6.45) is 0. The highest BCUT2D eigenvalue weighted by molar-refractivity contribution is 7.17. The van der Waals surface area contributed by atoms with Gasteiger partial charge in [-0.3, -0.25) is 4.79 Å². The Bertz CT molecular complexity index is 642. The lowest BCUT2D eigenvalue weighted by Crippen LogP contribution is -2.52. The molecule has 1 saturated heterocycles. The van der Waals surface area contributed by atoms with Crippen molar-refractivity contribution in [1.29, 1.82) is 0 Å². The fraction of sp³-hybridized carbons (Fsp3) is 0.312. The van der Waals surface area contributed by atoms with Gasteiger partial charge in [-0.25, -0.2) is 0 Å². The maximum absolute atomic E-state index is 12.6. The number of piperazine rings is 1. The van der Waals surface area contributed by atoms with Crippen LogP contribution in [0, 0.1) is 0 Å². The second kappa shape index (κ2) is 7.47. The number of benzene rings is 1. The van der Waals surface area contributed by atoms with E-state index >= 15 is 0 Å². The zero-order chi connectivity index (χ0) is 14.8. The SMILES string of the molecule is C[C@H]1CNCCN1C(=O)c1ccc(-c2ccc(Cl)cc2)s1.Cl. The predicted octanol–water partition coefficient (Wildman–Crippen LogP) is 3.92. The van der Waals surface area contributed by atoms with Crippen LogP contribution in [0.1, 0.15) is 16.6 Å². The monoisotopic (exact) mass is 356 g/mol. The van der Waals surface area contributed by atoms with Crippen LogP contribution in [0.25, 0.3) is 10.4 Å². The van der Waals surface area contributed by atoms with Crippen molar-refractivity contribution in [3.8, 4) is 10.4 Å². The van der Waals surface area contributed by atoms with Crippen LogP contribution in [0.2, 0.25) is 5.02 Å². The lowest BCUT2D eigenvalue weighted by molar-refractivity contribution is 0.0661. The Morgan fingerprint density at radius 3 is 2.68 bits per heavy atom. The number of carbonyl (C=O) groups is 1. The molecule has 3 nitrogen and oxygen atoms in total. The van der Waals surface area contributed by atoms with Crippen molar-refractivity contribution in [2.24, 2.45) is 0 Å². The van der Waals surface area contributed by atoms with Gasteiger partial charge in [-0.15, -0.1) is 23.7 Å². The largest absolute Gasteiger partial charge is 0.333 e. The van der Waals surface area contributed by atoms with E-state index in [1.165, 1.54) is 0 Å². The highest BCUT2D eigenvalue weighted by atomic mass is 35.5. The molecule has 2 heterocycles. The average molecular weight is 357 g/mol. The fourth-order valence-corrected chi connectivity index (χ4v) is 3.60. The topological polar surface area (TPSA) is 32.3 Å². The van der Waals surface area contributed by atoms with Crippen molar-refractivity contribution in [1.82, 2.24) is 10.2 Å². The van der Waals surface area contributed by atoms with E-state index in [4.69, 9.17) is 11.6 Å². The lowest BCUT2D eigenvalue weighted by atomic mass is 10.2. The zero-order valence-electron chi connectivity index (χ0n) is 12.2. The number of amides is 1. The normalized spacial score (nSPS) is 17.9. The van der Waals surface area contributed by atoms with Crippen molar-refractivity contribution in [2.45, 2.75) is 13.0 Å². The molecule has 1 aromatic heterocycles. The molecule has 0 radical (unpaired) electrons. The summed E-state index contributed by atoms with van der Waals surface area (Å²) in [6.45, 7) is 4.58. The Labute approximate surface area is 145 Å². The third-order valence-electron chi connectivity index (χ3n) is 3.71.